The molecule has 0 spiro atoms. The molecule has 18 heavy (non-hydrogen) atoms. The standard InChI is InChI=1S/C12H28N4O2/c1-3-9-18-11-6-8-15-12(16-13)14-7-5-10-17-4-2/h3-11,13H2,1-2H3,(H2,14,15,16). The quantitative estimate of drug-likeness (QED) is 0.167. The van der Waals surface area contributed by atoms with E-state index in [-0.39, 0.29) is 0 Å². The van der Waals surface area contributed by atoms with Gasteiger partial charge in [0.15, 0.2) is 0 Å². The normalized spacial score (nSPS) is 11.6. The number of aliphatic imine (C=N–C) groups is 1. The van der Waals surface area contributed by atoms with E-state index in [0.29, 0.717) is 12.5 Å². The second kappa shape index (κ2) is 14.2. The van der Waals surface area contributed by atoms with E-state index in [1.165, 1.54) is 0 Å². The van der Waals surface area contributed by atoms with E-state index in [0.717, 1.165) is 52.2 Å². The highest BCUT2D eigenvalue weighted by atomic mass is 16.5. The topological polar surface area (TPSA) is 80.9 Å². The first-order valence-electron chi connectivity index (χ1n) is 6.75. The van der Waals surface area contributed by atoms with Crippen LogP contribution >= 0.6 is 0 Å². The number of hydrazine groups is 1. The fraction of sp³-hybridized carbons (Fsp3) is 0.917. The van der Waals surface area contributed by atoms with E-state index in [1.54, 1.807) is 0 Å². The van der Waals surface area contributed by atoms with E-state index in [1.807, 2.05) is 6.92 Å². The summed E-state index contributed by atoms with van der Waals surface area (Å²) in [5, 5.41) is 3.12. The highest BCUT2D eigenvalue weighted by Gasteiger charge is 1.95. The highest BCUT2D eigenvalue weighted by molar-refractivity contribution is 5.79. The lowest BCUT2D eigenvalue weighted by atomic mass is 10.4. The smallest absolute Gasteiger partial charge is 0.205 e. The van der Waals surface area contributed by atoms with Crippen molar-refractivity contribution in [2.24, 2.45) is 10.8 Å². The van der Waals surface area contributed by atoms with Crippen molar-refractivity contribution in [3.63, 3.8) is 0 Å². The fourth-order valence-corrected chi connectivity index (χ4v) is 1.28. The average molecular weight is 260 g/mol. The molecule has 0 saturated heterocycles. The Morgan fingerprint density at radius 1 is 1.11 bits per heavy atom. The van der Waals surface area contributed by atoms with Crippen molar-refractivity contribution in [3.05, 3.63) is 0 Å². The zero-order chi connectivity index (χ0) is 13.5. The predicted molar refractivity (Wildman–Crippen MR) is 74.5 cm³/mol. The van der Waals surface area contributed by atoms with Crippen molar-refractivity contribution >= 4 is 5.96 Å². The van der Waals surface area contributed by atoms with Gasteiger partial charge in [-0.1, -0.05) is 6.92 Å². The Labute approximate surface area is 110 Å². The number of hydrogen-bond acceptors (Lipinski definition) is 4. The molecule has 0 aromatic carbocycles. The molecule has 0 radical (unpaired) electrons. The van der Waals surface area contributed by atoms with Gasteiger partial charge in [0.05, 0.1) is 0 Å². The Bertz CT molecular complexity index is 201. The van der Waals surface area contributed by atoms with E-state index in [9.17, 15) is 0 Å². The lowest BCUT2D eigenvalue weighted by Crippen LogP contribution is -2.42. The minimum atomic E-state index is 0.627. The van der Waals surface area contributed by atoms with Crippen molar-refractivity contribution in [1.82, 2.24) is 10.7 Å². The number of nitrogens with one attached hydrogen (secondary N) is 2. The van der Waals surface area contributed by atoms with Gasteiger partial charge in [-0.05, 0) is 26.2 Å². The van der Waals surface area contributed by atoms with Crippen LogP contribution < -0.4 is 16.6 Å². The molecule has 6 nitrogen and oxygen atoms in total. The summed E-state index contributed by atoms with van der Waals surface area (Å²) in [7, 11) is 0. The van der Waals surface area contributed by atoms with Crippen LogP contribution in [0.5, 0.6) is 0 Å². The third kappa shape index (κ3) is 11.6. The van der Waals surface area contributed by atoms with Gasteiger partial charge in [-0.2, -0.15) is 0 Å². The van der Waals surface area contributed by atoms with Gasteiger partial charge in [0.2, 0.25) is 5.96 Å². The largest absolute Gasteiger partial charge is 0.382 e. The van der Waals surface area contributed by atoms with E-state index in [4.69, 9.17) is 15.3 Å². The third-order valence-electron chi connectivity index (χ3n) is 2.16. The van der Waals surface area contributed by atoms with Gasteiger partial charge in [0, 0.05) is 39.5 Å². The summed E-state index contributed by atoms with van der Waals surface area (Å²) in [4.78, 5) is 4.31. The maximum atomic E-state index is 5.37. The summed E-state index contributed by atoms with van der Waals surface area (Å²) < 4.78 is 10.6. The molecule has 108 valence electrons. The predicted octanol–water partition coefficient (Wildman–Crippen LogP) is 0.639. The molecule has 0 aliphatic carbocycles. The molecule has 0 bridgehead atoms. The lowest BCUT2D eigenvalue weighted by Gasteiger charge is -2.09. The number of hydrogen-bond donors (Lipinski definition) is 3. The van der Waals surface area contributed by atoms with Crippen LogP contribution in [0.4, 0.5) is 0 Å². The summed E-state index contributed by atoms with van der Waals surface area (Å²) in [5.41, 5.74) is 2.55. The Morgan fingerprint density at radius 3 is 2.56 bits per heavy atom. The molecule has 4 N–H and O–H groups in total. The van der Waals surface area contributed by atoms with Crippen molar-refractivity contribution in [3.8, 4) is 0 Å². The van der Waals surface area contributed by atoms with Gasteiger partial charge in [-0.3, -0.25) is 10.4 Å². The fourth-order valence-electron chi connectivity index (χ4n) is 1.28. The first-order chi connectivity index (χ1) is 8.85. The van der Waals surface area contributed by atoms with Gasteiger partial charge in [0.1, 0.15) is 0 Å². The van der Waals surface area contributed by atoms with Crippen LogP contribution in [-0.2, 0) is 9.47 Å². The van der Waals surface area contributed by atoms with Crippen molar-refractivity contribution in [2.45, 2.75) is 33.1 Å². The van der Waals surface area contributed by atoms with E-state index >= 15 is 0 Å². The van der Waals surface area contributed by atoms with Crippen LogP contribution in [0.2, 0.25) is 0 Å². The zero-order valence-electron chi connectivity index (χ0n) is 11.7. The molecule has 0 fully saturated rings. The lowest BCUT2D eigenvalue weighted by molar-refractivity contribution is 0.134. The van der Waals surface area contributed by atoms with Gasteiger partial charge in [0.25, 0.3) is 0 Å². The van der Waals surface area contributed by atoms with Gasteiger partial charge in [-0.25, -0.2) is 5.84 Å². The Hall–Kier alpha value is -0.850. The molecule has 0 aliphatic rings. The molecule has 0 saturated carbocycles. The maximum Gasteiger partial charge on any atom is 0.205 e. The summed E-state index contributed by atoms with van der Waals surface area (Å²) in [6.07, 6.45) is 2.90. The summed E-state index contributed by atoms with van der Waals surface area (Å²) in [6, 6.07) is 0. The van der Waals surface area contributed by atoms with Crippen LogP contribution in [0.15, 0.2) is 4.99 Å². The average Bonchev–Trinajstić information content (AvgIpc) is 2.40. The van der Waals surface area contributed by atoms with Gasteiger partial charge >= 0.3 is 0 Å². The molecular weight excluding hydrogens is 232 g/mol. The van der Waals surface area contributed by atoms with Gasteiger partial charge < -0.3 is 14.8 Å². The number of nitrogens with zero attached hydrogens (tertiary/aromatic N) is 1. The van der Waals surface area contributed by atoms with E-state index < -0.39 is 0 Å². The number of nitrogens with two attached hydrogens (primary N) is 1. The van der Waals surface area contributed by atoms with Crippen molar-refractivity contribution in [2.75, 3.05) is 39.5 Å². The highest BCUT2D eigenvalue weighted by Crippen LogP contribution is 1.87. The molecule has 0 atom stereocenters. The monoisotopic (exact) mass is 260 g/mol. The van der Waals surface area contributed by atoms with Crippen LogP contribution in [0.1, 0.15) is 33.1 Å². The van der Waals surface area contributed by atoms with Crippen molar-refractivity contribution < 1.29 is 9.47 Å². The molecule has 0 rings (SSSR count). The first-order valence-corrected chi connectivity index (χ1v) is 6.75. The summed E-state index contributed by atoms with van der Waals surface area (Å²) >= 11 is 0. The molecule has 0 aromatic rings. The maximum absolute atomic E-state index is 5.37. The summed E-state index contributed by atoms with van der Waals surface area (Å²) in [6.45, 7) is 8.68. The molecule has 0 heterocycles. The molecule has 0 amide bonds. The second-order valence-corrected chi connectivity index (χ2v) is 3.82. The molecular formula is C12H28N4O2. The second-order valence-electron chi connectivity index (χ2n) is 3.82. The third-order valence-corrected chi connectivity index (χ3v) is 2.16. The zero-order valence-corrected chi connectivity index (χ0v) is 11.7. The Balaban J connectivity index is 3.48. The SMILES string of the molecule is CCCOCCCN=C(NN)NCCCOCC. The van der Waals surface area contributed by atoms with Gasteiger partial charge in [-0.15, -0.1) is 0 Å². The number of rotatable bonds is 11. The van der Waals surface area contributed by atoms with Crippen LogP contribution in [0.3, 0.4) is 0 Å². The Morgan fingerprint density at radius 2 is 1.89 bits per heavy atom. The van der Waals surface area contributed by atoms with E-state index in [2.05, 4.69) is 22.7 Å². The molecule has 0 aromatic heterocycles. The van der Waals surface area contributed by atoms with Crippen LogP contribution in [-0.4, -0.2) is 45.5 Å². The number of guanidine groups is 1. The number of ether oxygens (including phenoxy) is 2. The minimum absolute atomic E-state index is 0.627. The molecule has 0 unspecified atom stereocenters. The van der Waals surface area contributed by atoms with Crippen LogP contribution in [0, 0.1) is 0 Å². The molecule has 6 heteroatoms. The Kier molecular flexibility index (Phi) is 13.5. The van der Waals surface area contributed by atoms with Crippen molar-refractivity contribution in [1.29, 1.82) is 0 Å². The molecule has 0 aliphatic heterocycles. The minimum Gasteiger partial charge on any atom is -0.382 e. The van der Waals surface area contributed by atoms with Crippen LogP contribution in [0.25, 0.3) is 0 Å². The first kappa shape index (κ1) is 17.2. The summed E-state index contributed by atoms with van der Waals surface area (Å²) in [5.74, 6) is 6.00.